The Labute approximate surface area is 245 Å². The van der Waals surface area contributed by atoms with Crippen LogP contribution >= 0.6 is 0 Å². The first kappa shape index (κ1) is 27.5. The maximum Gasteiger partial charge on any atom is 0.244 e. The monoisotopic (exact) mass is 575 g/mol. The molecule has 1 aliphatic heterocycles. The van der Waals surface area contributed by atoms with Crippen LogP contribution in [0.15, 0.2) is 108 Å². The van der Waals surface area contributed by atoms with Gasteiger partial charge >= 0.3 is 0 Å². The number of hydrogen-bond donors (Lipinski definition) is 0. The van der Waals surface area contributed by atoms with Crippen molar-refractivity contribution in [2.24, 2.45) is 0 Å². The maximum atomic E-state index is 14.4. The topological polar surface area (TPSA) is 90.7 Å². The molecule has 0 radical (unpaired) electrons. The fourth-order valence-electron chi connectivity index (χ4n) is 5.61. The Morgan fingerprint density at radius 2 is 1.62 bits per heavy atom. The van der Waals surface area contributed by atoms with Gasteiger partial charge in [-0.05, 0) is 81.6 Å². The highest BCUT2D eigenvalue weighted by atomic mass is 32.2. The molecule has 8 heteroatoms. The van der Waals surface area contributed by atoms with Gasteiger partial charge in [0.05, 0.1) is 23.6 Å². The van der Waals surface area contributed by atoms with Gasteiger partial charge in [0.15, 0.2) is 0 Å². The van der Waals surface area contributed by atoms with E-state index in [-0.39, 0.29) is 17.3 Å². The molecular weight excluding hydrogens is 546 g/mol. The molecule has 0 bridgehead atoms. The summed E-state index contributed by atoms with van der Waals surface area (Å²) in [5.74, 6) is 0.385. The molecular formula is C34H29N3O4S. The van der Waals surface area contributed by atoms with Crippen LogP contribution in [0, 0.1) is 11.3 Å². The number of likely N-dealkylation sites (tertiary alicyclic amines) is 1. The minimum atomic E-state index is -4.08. The quantitative estimate of drug-likeness (QED) is 0.231. The van der Waals surface area contributed by atoms with E-state index in [0.29, 0.717) is 30.8 Å². The molecule has 6 rings (SSSR count). The molecule has 1 aliphatic rings. The maximum absolute atomic E-state index is 14.4. The number of amides is 1. The Bertz CT molecular complexity index is 1970. The SMILES string of the molecule is COc1ccc2ccc(S(=O)(=O)N(Cc3ccc4ccccc4c3)[C@H]3CCN(Cc4cccc(C#N)c4)C3=O)cc2c1. The lowest BCUT2D eigenvalue weighted by Gasteiger charge is -2.28. The molecule has 7 nitrogen and oxygen atoms in total. The van der Waals surface area contributed by atoms with Gasteiger partial charge in [0, 0.05) is 19.6 Å². The molecule has 0 N–H and O–H groups in total. The van der Waals surface area contributed by atoms with Gasteiger partial charge < -0.3 is 9.64 Å². The number of fused-ring (bicyclic) bond motifs is 2. The van der Waals surface area contributed by atoms with Crippen LogP contribution in [0.4, 0.5) is 0 Å². The molecule has 210 valence electrons. The average Bonchev–Trinajstić information content (AvgIpc) is 3.37. The number of benzene rings is 5. The third kappa shape index (κ3) is 5.32. The zero-order valence-electron chi connectivity index (χ0n) is 23.1. The van der Waals surface area contributed by atoms with E-state index < -0.39 is 16.1 Å². The molecule has 0 spiro atoms. The fourth-order valence-corrected chi connectivity index (χ4v) is 7.25. The van der Waals surface area contributed by atoms with Gasteiger partial charge in [-0.15, -0.1) is 0 Å². The lowest BCUT2D eigenvalue weighted by Crippen LogP contribution is -2.44. The number of nitrogens with zero attached hydrogens (tertiary/aromatic N) is 3. The summed E-state index contributed by atoms with van der Waals surface area (Å²) in [6, 6.07) is 32.7. The summed E-state index contributed by atoms with van der Waals surface area (Å²) in [6.07, 6.45) is 0.366. The van der Waals surface area contributed by atoms with Gasteiger partial charge in [0.25, 0.3) is 0 Å². The summed E-state index contributed by atoms with van der Waals surface area (Å²) in [5, 5.41) is 13.0. The predicted molar refractivity (Wildman–Crippen MR) is 162 cm³/mol. The molecule has 0 aromatic heterocycles. The molecule has 1 saturated heterocycles. The molecule has 42 heavy (non-hydrogen) atoms. The smallest absolute Gasteiger partial charge is 0.244 e. The zero-order valence-corrected chi connectivity index (χ0v) is 23.9. The van der Waals surface area contributed by atoms with Crippen LogP contribution in [0.25, 0.3) is 21.5 Å². The van der Waals surface area contributed by atoms with Crippen molar-refractivity contribution < 1.29 is 17.9 Å². The highest BCUT2D eigenvalue weighted by Gasteiger charge is 2.42. The molecule has 1 heterocycles. The molecule has 0 aliphatic carbocycles. The Balaban J connectivity index is 1.37. The van der Waals surface area contributed by atoms with Crippen LogP contribution in [0.1, 0.15) is 23.1 Å². The molecule has 1 fully saturated rings. The van der Waals surface area contributed by atoms with Crippen LogP contribution in [0.5, 0.6) is 5.75 Å². The Morgan fingerprint density at radius 1 is 0.857 bits per heavy atom. The van der Waals surface area contributed by atoms with Crippen molar-refractivity contribution in [1.82, 2.24) is 9.21 Å². The second-order valence-electron chi connectivity index (χ2n) is 10.5. The number of nitriles is 1. The number of carbonyl (C=O) groups is 1. The minimum absolute atomic E-state index is 0.0531. The van der Waals surface area contributed by atoms with Crippen LogP contribution in [-0.2, 0) is 27.9 Å². The molecule has 0 saturated carbocycles. The van der Waals surface area contributed by atoms with Crippen molar-refractivity contribution in [3.8, 4) is 11.8 Å². The van der Waals surface area contributed by atoms with E-state index in [9.17, 15) is 18.5 Å². The van der Waals surface area contributed by atoms with E-state index in [4.69, 9.17) is 4.74 Å². The Hall–Kier alpha value is -4.71. The zero-order chi connectivity index (χ0) is 29.3. The van der Waals surface area contributed by atoms with Crippen LogP contribution in [0.2, 0.25) is 0 Å². The van der Waals surface area contributed by atoms with Gasteiger partial charge in [-0.3, -0.25) is 4.79 Å². The van der Waals surface area contributed by atoms with Crippen molar-refractivity contribution in [1.29, 1.82) is 5.26 Å². The van der Waals surface area contributed by atoms with Crippen LogP contribution in [0.3, 0.4) is 0 Å². The van der Waals surface area contributed by atoms with Gasteiger partial charge in [0.2, 0.25) is 15.9 Å². The number of methoxy groups -OCH3 is 1. The number of sulfonamides is 1. The standard InChI is InChI=1S/C34H29N3O4S/c1-41-31-13-11-28-12-14-32(20-30(28)19-31)42(39,40)37(23-26-9-10-27-7-2-3-8-29(27)18-26)33-15-16-36(34(33)38)22-25-6-4-5-24(17-25)21-35/h2-14,17-20,33H,15-16,22-23H2,1H3/t33-/m0/s1. The third-order valence-corrected chi connectivity index (χ3v) is 9.67. The van der Waals surface area contributed by atoms with Gasteiger partial charge in [-0.2, -0.15) is 9.57 Å². The van der Waals surface area contributed by atoms with Gasteiger partial charge in [-0.1, -0.05) is 60.7 Å². The highest BCUT2D eigenvalue weighted by molar-refractivity contribution is 7.89. The van der Waals surface area contributed by atoms with Crippen molar-refractivity contribution in [2.75, 3.05) is 13.7 Å². The normalized spacial score (nSPS) is 15.4. The summed E-state index contributed by atoms with van der Waals surface area (Å²) in [4.78, 5) is 15.6. The van der Waals surface area contributed by atoms with Crippen LogP contribution in [-0.4, -0.2) is 43.2 Å². The van der Waals surface area contributed by atoms with Gasteiger partial charge in [0.1, 0.15) is 11.8 Å². The van der Waals surface area contributed by atoms with E-state index in [1.165, 1.54) is 4.31 Å². The summed E-state index contributed by atoms with van der Waals surface area (Å²) >= 11 is 0. The number of hydrogen-bond acceptors (Lipinski definition) is 5. The average molecular weight is 576 g/mol. The Morgan fingerprint density at radius 3 is 2.43 bits per heavy atom. The first-order valence-electron chi connectivity index (χ1n) is 13.7. The predicted octanol–water partition coefficient (Wildman–Crippen LogP) is 5.87. The van der Waals surface area contributed by atoms with Crippen molar-refractivity contribution >= 4 is 37.5 Å². The van der Waals surface area contributed by atoms with E-state index >= 15 is 0 Å². The lowest BCUT2D eigenvalue weighted by atomic mass is 10.1. The largest absolute Gasteiger partial charge is 0.497 e. The number of carbonyl (C=O) groups excluding carboxylic acids is 1. The second-order valence-corrected chi connectivity index (χ2v) is 12.4. The molecule has 0 unspecified atom stereocenters. The fraction of sp³-hybridized carbons (Fsp3) is 0.176. The van der Waals surface area contributed by atoms with Gasteiger partial charge in [-0.25, -0.2) is 8.42 Å². The number of ether oxygens (including phenoxy) is 1. The third-order valence-electron chi connectivity index (χ3n) is 7.82. The van der Waals surface area contributed by atoms with E-state index in [1.54, 1.807) is 54.5 Å². The number of rotatable bonds is 8. The highest BCUT2D eigenvalue weighted by Crippen LogP contribution is 2.31. The minimum Gasteiger partial charge on any atom is -0.497 e. The van der Waals surface area contributed by atoms with Crippen molar-refractivity contribution in [3.05, 3.63) is 120 Å². The first-order chi connectivity index (χ1) is 20.4. The van der Waals surface area contributed by atoms with Crippen molar-refractivity contribution in [3.63, 3.8) is 0 Å². The Kier molecular flexibility index (Phi) is 7.38. The van der Waals surface area contributed by atoms with E-state index in [1.807, 2.05) is 60.7 Å². The van der Waals surface area contributed by atoms with E-state index in [0.717, 1.165) is 32.7 Å². The molecule has 1 amide bonds. The molecule has 5 aromatic carbocycles. The summed E-state index contributed by atoms with van der Waals surface area (Å²) in [7, 11) is -2.51. The molecule has 5 aromatic rings. The summed E-state index contributed by atoms with van der Waals surface area (Å²) in [5.41, 5.74) is 2.15. The summed E-state index contributed by atoms with van der Waals surface area (Å²) in [6.45, 7) is 0.779. The van der Waals surface area contributed by atoms with E-state index in [2.05, 4.69) is 6.07 Å². The first-order valence-corrected chi connectivity index (χ1v) is 15.1. The second kappa shape index (κ2) is 11.3. The van der Waals surface area contributed by atoms with Crippen LogP contribution < -0.4 is 4.74 Å². The molecule has 1 atom stereocenters. The van der Waals surface area contributed by atoms with Crippen molar-refractivity contribution in [2.45, 2.75) is 30.4 Å². The lowest BCUT2D eigenvalue weighted by molar-refractivity contribution is -0.131. The summed E-state index contributed by atoms with van der Waals surface area (Å²) < 4.78 is 35.4.